The maximum Gasteiger partial charge on any atom is 0.319 e. The van der Waals surface area contributed by atoms with Crippen LogP contribution in [0.4, 0.5) is 10.5 Å². The summed E-state index contributed by atoms with van der Waals surface area (Å²) in [7, 11) is 0. The molecule has 7 heteroatoms. The Morgan fingerprint density at radius 2 is 1.68 bits per heavy atom. The van der Waals surface area contributed by atoms with Crippen LogP contribution in [0.2, 0.25) is 5.02 Å². The highest BCUT2D eigenvalue weighted by Crippen LogP contribution is 2.33. The Bertz CT molecular complexity index is 737. The number of hydrogen-bond donors (Lipinski definition) is 3. The van der Waals surface area contributed by atoms with Crippen molar-refractivity contribution < 1.29 is 14.3 Å². The van der Waals surface area contributed by atoms with E-state index in [-0.39, 0.29) is 12.5 Å². The first-order chi connectivity index (χ1) is 12.1. The van der Waals surface area contributed by atoms with Crippen molar-refractivity contribution in [3.63, 3.8) is 0 Å². The van der Waals surface area contributed by atoms with Gasteiger partial charge < -0.3 is 20.7 Å². The molecule has 0 saturated carbocycles. The Morgan fingerprint density at radius 3 is 2.40 bits per heavy atom. The van der Waals surface area contributed by atoms with Gasteiger partial charge in [0.05, 0.1) is 17.3 Å². The second kappa shape index (κ2) is 9.54. The van der Waals surface area contributed by atoms with E-state index < -0.39 is 6.03 Å². The lowest BCUT2D eigenvalue weighted by molar-refractivity contribution is -0.120. The quantitative estimate of drug-likeness (QED) is 0.702. The highest BCUT2D eigenvalue weighted by molar-refractivity contribution is 6.32. The van der Waals surface area contributed by atoms with Crippen LogP contribution in [0.3, 0.4) is 0 Å². The number of ether oxygens (including phenoxy) is 1. The molecule has 6 nitrogen and oxygen atoms in total. The molecule has 3 N–H and O–H groups in total. The minimum absolute atomic E-state index is 0.0978. The number of carbonyl (C=O) groups excluding carboxylic acids is 2. The zero-order valence-corrected chi connectivity index (χ0v) is 14.6. The van der Waals surface area contributed by atoms with E-state index in [0.717, 1.165) is 6.42 Å². The van der Waals surface area contributed by atoms with Crippen molar-refractivity contribution in [2.24, 2.45) is 0 Å². The van der Waals surface area contributed by atoms with Crippen LogP contribution in [0.5, 0.6) is 11.5 Å². The first-order valence-corrected chi connectivity index (χ1v) is 8.31. The van der Waals surface area contributed by atoms with Gasteiger partial charge in [-0.25, -0.2) is 4.79 Å². The molecule has 0 bridgehead atoms. The zero-order valence-electron chi connectivity index (χ0n) is 13.8. The summed E-state index contributed by atoms with van der Waals surface area (Å²) in [5, 5.41) is 8.31. The molecule has 132 valence electrons. The molecule has 3 amide bonds. The highest BCUT2D eigenvalue weighted by atomic mass is 35.5. The van der Waals surface area contributed by atoms with Gasteiger partial charge in [0.15, 0.2) is 5.75 Å². The van der Waals surface area contributed by atoms with Gasteiger partial charge in [-0.1, -0.05) is 42.8 Å². The third kappa shape index (κ3) is 6.00. The standard InChI is InChI=1S/C18H20ClN3O3/c1-2-11-20-17(23)12-21-18(24)22-14-8-4-6-10-16(14)25-15-9-5-3-7-13(15)19/h3-10H,2,11-12H2,1H3,(H,20,23)(H2,21,22,24). The number of nitrogens with one attached hydrogen (secondary N) is 3. The summed E-state index contributed by atoms with van der Waals surface area (Å²) in [5.41, 5.74) is 0.467. The normalized spacial score (nSPS) is 10.0. The van der Waals surface area contributed by atoms with Crippen molar-refractivity contribution in [3.8, 4) is 11.5 Å². The van der Waals surface area contributed by atoms with Crippen molar-refractivity contribution >= 4 is 29.2 Å². The molecule has 0 fully saturated rings. The maximum absolute atomic E-state index is 12.0. The van der Waals surface area contributed by atoms with Gasteiger partial charge in [0, 0.05) is 6.54 Å². The Kier molecular flexibility index (Phi) is 7.10. The largest absolute Gasteiger partial charge is 0.454 e. The maximum atomic E-state index is 12.0. The van der Waals surface area contributed by atoms with Gasteiger partial charge in [-0.15, -0.1) is 0 Å². The van der Waals surface area contributed by atoms with E-state index in [0.29, 0.717) is 28.8 Å². The van der Waals surface area contributed by atoms with E-state index in [1.165, 1.54) is 0 Å². The Balaban J connectivity index is 1.97. The van der Waals surface area contributed by atoms with Crippen LogP contribution in [0.25, 0.3) is 0 Å². The van der Waals surface area contributed by atoms with Gasteiger partial charge in [0.25, 0.3) is 0 Å². The lowest BCUT2D eigenvalue weighted by Gasteiger charge is -2.13. The van der Waals surface area contributed by atoms with Crippen molar-refractivity contribution in [2.75, 3.05) is 18.4 Å². The minimum atomic E-state index is -0.498. The first-order valence-electron chi connectivity index (χ1n) is 7.93. The molecular formula is C18H20ClN3O3. The number of urea groups is 1. The average molecular weight is 362 g/mol. The predicted molar refractivity (Wildman–Crippen MR) is 98.3 cm³/mol. The van der Waals surface area contributed by atoms with Crippen LogP contribution in [0, 0.1) is 0 Å². The van der Waals surface area contributed by atoms with Crippen LogP contribution < -0.4 is 20.7 Å². The fraction of sp³-hybridized carbons (Fsp3) is 0.222. The van der Waals surface area contributed by atoms with Crippen molar-refractivity contribution in [1.29, 1.82) is 0 Å². The Hall–Kier alpha value is -2.73. The fourth-order valence-corrected chi connectivity index (χ4v) is 2.13. The SMILES string of the molecule is CCCNC(=O)CNC(=O)Nc1ccccc1Oc1ccccc1Cl. The minimum Gasteiger partial charge on any atom is -0.454 e. The van der Waals surface area contributed by atoms with Crippen LogP contribution in [-0.2, 0) is 4.79 Å². The van der Waals surface area contributed by atoms with Crippen LogP contribution in [0.1, 0.15) is 13.3 Å². The number of hydrogen-bond acceptors (Lipinski definition) is 3. The Labute approximate surface area is 151 Å². The molecular weight excluding hydrogens is 342 g/mol. The van der Waals surface area contributed by atoms with Gasteiger partial charge in [0.2, 0.25) is 5.91 Å². The van der Waals surface area contributed by atoms with Gasteiger partial charge in [-0.3, -0.25) is 4.79 Å². The van der Waals surface area contributed by atoms with Gasteiger partial charge >= 0.3 is 6.03 Å². The van der Waals surface area contributed by atoms with Gasteiger partial charge in [-0.05, 0) is 30.7 Å². The van der Waals surface area contributed by atoms with Crippen molar-refractivity contribution in [1.82, 2.24) is 10.6 Å². The number of rotatable bonds is 7. The van der Waals surface area contributed by atoms with Crippen molar-refractivity contribution in [3.05, 3.63) is 53.6 Å². The molecule has 2 aromatic rings. The second-order valence-corrected chi connectivity index (χ2v) is 5.59. The number of halogens is 1. The van der Waals surface area contributed by atoms with Gasteiger partial charge in [0.1, 0.15) is 5.75 Å². The number of anilines is 1. The monoisotopic (exact) mass is 361 g/mol. The Morgan fingerprint density at radius 1 is 1.00 bits per heavy atom. The summed E-state index contributed by atoms with van der Waals surface area (Å²) < 4.78 is 5.77. The number of para-hydroxylation sites is 3. The zero-order chi connectivity index (χ0) is 18.1. The highest BCUT2D eigenvalue weighted by Gasteiger charge is 2.10. The molecule has 2 aromatic carbocycles. The third-order valence-corrected chi connectivity index (χ3v) is 3.49. The van der Waals surface area contributed by atoms with E-state index in [9.17, 15) is 9.59 Å². The molecule has 0 aliphatic carbocycles. The van der Waals surface area contributed by atoms with E-state index in [2.05, 4.69) is 16.0 Å². The number of amides is 3. The van der Waals surface area contributed by atoms with Crippen molar-refractivity contribution in [2.45, 2.75) is 13.3 Å². The van der Waals surface area contributed by atoms with Crippen LogP contribution >= 0.6 is 11.6 Å². The lowest BCUT2D eigenvalue weighted by Crippen LogP contribution is -2.39. The average Bonchev–Trinajstić information content (AvgIpc) is 2.61. The number of benzene rings is 2. The summed E-state index contributed by atoms with van der Waals surface area (Å²) in [6, 6.07) is 13.5. The van der Waals surface area contributed by atoms with Crippen LogP contribution in [-0.4, -0.2) is 25.0 Å². The second-order valence-electron chi connectivity index (χ2n) is 5.19. The molecule has 0 radical (unpaired) electrons. The van der Waals surface area contributed by atoms with E-state index in [1.807, 2.05) is 6.92 Å². The topological polar surface area (TPSA) is 79.5 Å². The smallest absolute Gasteiger partial charge is 0.319 e. The van der Waals surface area contributed by atoms with E-state index in [4.69, 9.17) is 16.3 Å². The van der Waals surface area contributed by atoms with Gasteiger partial charge in [-0.2, -0.15) is 0 Å². The molecule has 0 saturated heterocycles. The first kappa shape index (κ1) is 18.6. The molecule has 25 heavy (non-hydrogen) atoms. The van der Waals surface area contributed by atoms with E-state index in [1.54, 1.807) is 48.5 Å². The summed E-state index contributed by atoms with van der Waals surface area (Å²) in [6.07, 6.45) is 0.838. The molecule has 0 spiro atoms. The lowest BCUT2D eigenvalue weighted by atomic mass is 10.3. The molecule has 0 aliphatic rings. The predicted octanol–water partition coefficient (Wildman–Crippen LogP) is 3.78. The number of carbonyl (C=O) groups is 2. The molecule has 0 unspecified atom stereocenters. The summed E-state index contributed by atoms with van der Waals surface area (Å²) >= 11 is 6.09. The van der Waals surface area contributed by atoms with Crippen LogP contribution in [0.15, 0.2) is 48.5 Å². The molecule has 0 heterocycles. The summed E-state index contributed by atoms with van der Waals surface area (Å²) in [4.78, 5) is 23.5. The van der Waals surface area contributed by atoms with E-state index >= 15 is 0 Å². The molecule has 0 atom stereocenters. The molecule has 0 aliphatic heterocycles. The molecule has 2 rings (SSSR count). The summed E-state index contributed by atoms with van der Waals surface area (Å²) in [6.45, 7) is 2.44. The summed E-state index contributed by atoms with van der Waals surface area (Å²) in [5.74, 6) is 0.691. The molecule has 0 aromatic heterocycles. The fourth-order valence-electron chi connectivity index (χ4n) is 1.96. The third-order valence-electron chi connectivity index (χ3n) is 3.17.